The zero-order chi connectivity index (χ0) is 20.3. The van der Waals surface area contributed by atoms with E-state index >= 15 is 0 Å². The first-order valence-corrected chi connectivity index (χ1v) is 10.8. The summed E-state index contributed by atoms with van der Waals surface area (Å²) in [7, 11) is 4.42. The standard InChI is InChI=1S/C26H32N2O/c1-27(2)26(23-11-7-4-8-12-23)17-15-25(16-18-26)19-20-28(21-25)24(29)14-13-22-9-5-3-6-10-22/h3-14H,15-21H2,1-2H3/b14-13-. The van der Waals surface area contributed by atoms with E-state index in [1.54, 1.807) is 6.08 Å². The minimum Gasteiger partial charge on any atom is -0.339 e. The van der Waals surface area contributed by atoms with Crippen LogP contribution in [0.1, 0.15) is 43.2 Å². The monoisotopic (exact) mass is 388 g/mol. The van der Waals surface area contributed by atoms with Crippen LogP contribution in [0.3, 0.4) is 0 Å². The number of benzene rings is 2. The van der Waals surface area contributed by atoms with Crippen LogP contribution in [0.4, 0.5) is 0 Å². The van der Waals surface area contributed by atoms with Crippen LogP contribution in [0.5, 0.6) is 0 Å². The fourth-order valence-corrected chi connectivity index (χ4v) is 5.30. The molecule has 1 heterocycles. The first-order chi connectivity index (χ1) is 14.0. The second kappa shape index (κ2) is 8.16. The molecule has 1 aliphatic heterocycles. The van der Waals surface area contributed by atoms with E-state index in [0.29, 0.717) is 5.41 Å². The van der Waals surface area contributed by atoms with Gasteiger partial charge in [0.25, 0.3) is 0 Å². The van der Waals surface area contributed by atoms with E-state index in [4.69, 9.17) is 0 Å². The Bertz CT molecular complexity index is 849. The maximum Gasteiger partial charge on any atom is 0.246 e. The van der Waals surface area contributed by atoms with Gasteiger partial charge in [-0.05, 0) is 68.8 Å². The van der Waals surface area contributed by atoms with Crippen molar-refractivity contribution in [1.82, 2.24) is 9.80 Å². The van der Waals surface area contributed by atoms with Crippen molar-refractivity contribution < 1.29 is 4.79 Å². The molecule has 0 aromatic heterocycles. The molecule has 1 saturated carbocycles. The van der Waals surface area contributed by atoms with Crippen molar-refractivity contribution in [3.63, 3.8) is 0 Å². The van der Waals surface area contributed by atoms with Crippen molar-refractivity contribution >= 4 is 12.0 Å². The maximum atomic E-state index is 12.7. The van der Waals surface area contributed by atoms with Gasteiger partial charge in [-0.25, -0.2) is 0 Å². The summed E-state index contributed by atoms with van der Waals surface area (Å²) in [6.45, 7) is 1.79. The van der Waals surface area contributed by atoms with Gasteiger partial charge in [-0.2, -0.15) is 0 Å². The molecule has 0 bridgehead atoms. The third-order valence-corrected chi connectivity index (χ3v) is 7.27. The largest absolute Gasteiger partial charge is 0.339 e. The second-order valence-electron chi connectivity index (χ2n) is 9.05. The molecule has 0 atom stereocenters. The van der Waals surface area contributed by atoms with Gasteiger partial charge in [0.05, 0.1) is 0 Å². The first-order valence-electron chi connectivity index (χ1n) is 10.8. The highest BCUT2D eigenvalue weighted by Gasteiger charge is 2.48. The average molecular weight is 389 g/mol. The van der Waals surface area contributed by atoms with Crippen LogP contribution >= 0.6 is 0 Å². The van der Waals surface area contributed by atoms with E-state index in [0.717, 1.165) is 37.9 Å². The van der Waals surface area contributed by atoms with E-state index in [-0.39, 0.29) is 11.4 Å². The second-order valence-corrected chi connectivity index (χ2v) is 9.05. The lowest BCUT2D eigenvalue weighted by atomic mass is 9.64. The molecule has 2 aliphatic rings. The Hall–Kier alpha value is -2.39. The molecule has 3 nitrogen and oxygen atoms in total. The zero-order valence-electron chi connectivity index (χ0n) is 17.7. The fraction of sp³-hybridized carbons (Fsp3) is 0.423. The molecule has 2 fully saturated rings. The third-order valence-electron chi connectivity index (χ3n) is 7.27. The van der Waals surface area contributed by atoms with Crippen LogP contribution in [0, 0.1) is 5.41 Å². The lowest BCUT2D eigenvalue weighted by Crippen LogP contribution is -2.47. The van der Waals surface area contributed by atoms with Crippen LogP contribution in [-0.4, -0.2) is 42.9 Å². The topological polar surface area (TPSA) is 23.6 Å². The van der Waals surface area contributed by atoms with Crippen LogP contribution in [0.25, 0.3) is 6.08 Å². The summed E-state index contributed by atoms with van der Waals surface area (Å²) in [5.74, 6) is 0.151. The summed E-state index contributed by atoms with van der Waals surface area (Å²) in [6, 6.07) is 21.0. The van der Waals surface area contributed by atoms with Crippen molar-refractivity contribution in [2.75, 3.05) is 27.2 Å². The number of carbonyl (C=O) groups is 1. The Kier molecular flexibility index (Phi) is 5.60. The Morgan fingerprint density at radius 3 is 2.14 bits per heavy atom. The van der Waals surface area contributed by atoms with Gasteiger partial charge in [0.15, 0.2) is 0 Å². The molecule has 0 unspecified atom stereocenters. The molecular weight excluding hydrogens is 356 g/mol. The van der Waals surface area contributed by atoms with Crippen LogP contribution < -0.4 is 0 Å². The van der Waals surface area contributed by atoms with E-state index in [1.165, 1.54) is 18.4 Å². The summed E-state index contributed by atoms with van der Waals surface area (Å²) in [5.41, 5.74) is 2.92. The van der Waals surface area contributed by atoms with E-state index in [1.807, 2.05) is 36.4 Å². The highest BCUT2D eigenvalue weighted by molar-refractivity contribution is 5.92. The van der Waals surface area contributed by atoms with E-state index < -0.39 is 0 Å². The summed E-state index contributed by atoms with van der Waals surface area (Å²) < 4.78 is 0. The van der Waals surface area contributed by atoms with Crippen LogP contribution in [0.15, 0.2) is 66.7 Å². The van der Waals surface area contributed by atoms with Crippen LogP contribution in [-0.2, 0) is 10.3 Å². The maximum absolute atomic E-state index is 12.7. The minimum absolute atomic E-state index is 0.122. The molecule has 0 N–H and O–H groups in total. The first kappa shape index (κ1) is 19.9. The SMILES string of the molecule is CN(C)C1(c2ccccc2)CCC2(CCN(C(=O)/C=C\c3ccccc3)C2)CC1. The van der Waals surface area contributed by atoms with Gasteiger partial charge in [0.2, 0.25) is 5.91 Å². The van der Waals surface area contributed by atoms with Crippen molar-refractivity contribution in [2.45, 2.75) is 37.6 Å². The number of hydrogen-bond donors (Lipinski definition) is 0. The molecule has 3 heteroatoms. The molecule has 29 heavy (non-hydrogen) atoms. The molecule has 4 rings (SSSR count). The van der Waals surface area contributed by atoms with Gasteiger partial charge in [-0.3, -0.25) is 9.69 Å². The van der Waals surface area contributed by atoms with Gasteiger partial charge in [-0.1, -0.05) is 60.7 Å². The van der Waals surface area contributed by atoms with Crippen molar-refractivity contribution in [3.8, 4) is 0 Å². The van der Waals surface area contributed by atoms with Gasteiger partial charge >= 0.3 is 0 Å². The quantitative estimate of drug-likeness (QED) is 0.692. The van der Waals surface area contributed by atoms with Gasteiger partial charge in [0, 0.05) is 24.7 Å². The lowest BCUT2D eigenvalue weighted by molar-refractivity contribution is -0.125. The van der Waals surface area contributed by atoms with Gasteiger partial charge in [0.1, 0.15) is 0 Å². The normalized spacial score (nSPS) is 27.2. The summed E-state index contributed by atoms with van der Waals surface area (Å²) in [5, 5.41) is 0. The zero-order valence-corrected chi connectivity index (χ0v) is 17.7. The summed E-state index contributed by atoms with van der Waals surface area (Å²) >= 11 is 0. The Morgan fingerprint density at radius 2 is 1.52 bits per heavy atom. The molecule has 2 aromatic rings. The summed E-state index contributed by atoms with van der Waals surface area (Å²) in [4.78, 5) is 17.2. The van der Waals surface area contributed by atoms with Crippen LogP contribution in [0.2, 0.25) is 0 Å². The molecule has 1 amide bonds. The highest BCUT2D eigenvalue weighted by atomic mass is 16.2. The lowest BCUT2D eigenvalue weighted by Gasteiger charge is -2.49. The minimum atomic E-state index is 0.122. The number of amides is 1. The number of nitrogens with zero attached hydrogens (tertiary/aromatic N) is 2. The molecule has 2 aromatic carbocycles. The molecule has 1 aliphatic carbocycles. The third kappa shape index (κ3) is 4.02. The number of likely N-dealkylation sites (tertiary alicyclic amines) is 1. The number of carbonyl (C=O) groups excluding carboxylic acids is 1. The van der Waals surface area contributed by atoms with E-state index in [2.05, 4.69) is 54.2 Å². The predicted molar refractivity (Wildman–Crippen MR) is 119 cm³/mol. The number of rotatable bonds is 4. The molecular formula is C26H32N2O. The average Bonchev–Trinajstić information content (AvgIpc) is 3.18. The highest BCUT2D eigenvalue weighted by Crippen LogP contribution is 2.51. The van der Waals surface area contributed by atoms with Gasteiger partial charge in [-0.15, -0.1) is 0 Å². The molecule has 1 saturated heterocycles. The summed E-state index contributed by atoms with van der Waals surface area (Å²) in [6.07, 6.45) is 9.50. The Labute approximate surface area is 175 Å². The number of hydrogen-bond acceptors (Lipinski definition) is 2. The smallest absolute Gasteiger partial charge is 0.246 e. The Morgan fingerprint density at radius 1 is 0.897 bits per heavy atom. The molecule has 0 radical (unpaired) electrons. The van der Waals surface area contributed by atoms with Crippen molar-refractivity contribution in [3.05, 3.63) is 77.9 Å². The van der Waals surface area contributed by atoms with E-state index in [9.17, 15) is 4.79 Å². The van der Waals surface area contributed by atoms with Crippen molar-refractivity contribution in [1.29, 1.82) is 0 Å². The Balaban J connectivity index is 1.41. The predicted octanol–water partition coefficient (Wildman–Crippen LogP) is 4.95. The molecule has 1 spiro atoms. The van der Waals surface area contributed by atoms with Gasteiger partial charge < -0.3 is 4.90 Å². The van der Waals surface area contributed by atoms with Crippen molar-refractivity contribution in [2.24, 2.45) is 5.41 Å². The fourth-order valence-electron chi connectivity index (χ4n) is 5.30. The molecule has 152 valence electrons.